The molecule has 0 radical (unpaired) electrons. The Morgan fingerprint density at radius 1 is 1.23 bits per heavy atom. The van der Waals surface area contributed by atoms with Crippen LogP contribution in [0.15, 0.2) is 41.5 Å². The van der Waals surface area contributed by atoms with E-state index in [-0.39, 0.29) is 11.5 Å². The maximum absolute atomic E-state index is 12.4. The smallest absolute Gasteiger partial charge is 0.387 e. The molecule has 1 aliphatic rings. The SMILES string of the molecule is COc1ccc(NC2=NCc3cccnc32)cc1OC(F)F. The van der Waals surface area contributed by atoms with Gasteiger partial charge >= 0.3 is 6.61 Å². The van der Waals surface area contributed by atoms with Crippen molar-refractivity contribution in [2.24, 2.45) is 4.99 Å². The molecule has 114 valence electrons. The van der Waals surface area contributed by atoms with Crippen molar-refractivity contribution in [2.75, 3.05) is 12.4 Å². The first-order valence-electron chi connectivity index (χ1n) is 6.56. The number of nitrogens with one attached hydrogen (secondary N) is 1. The lowest BCUT2D eigenvalue weighted by Gasteiger charge is -2.12. The van der Waals surface area contributed by atoms with Gasteiger partial charge in [-0.15, -0.1) is 0 Å². The van der Waals surface area contributed by atoms with Gasteiger partial charge in [-0.25, -0.2) is 0 Å². The molecule has 2 heterocycles. The van der Waals surface area contributed by atoms with Crippen LogP contribution in [0, 0.1) is 0 Å². The van der Waals surface area contributed by atoms with E-state index in [2.05, 4.69) is 20.0 Å². The molecule has 0 aliphatic carbocycles. The highest BCUT2D eigenvalue weighted by Gasteiger charge is 2.18. The Kier molecular flexibility index (Phi) is 3.86. The second kappa shape index (κ2) is 5.97. The van der Waals surface area contributed by atoms with Gasteiger partial charge in [0.05, 0.1) is 13.7 Å². The minimum atomic E-state index is -2.92. The Labute approximate surface area is 125 Å². The highest BCUT2D eigenvalue weighted by molar-refractivity contribution is 6.09. The van der Waals surface area contributed by atoms with Crippen molar-refractivity contribution in [1.29, 1.82) is 0 Å². The molecule has 0 bridgehead atoms. The predicted molar refractivity (Wildman–Crippen MR) is 77.7 cm³/mol. The van der Waals surface area contributed by atoms with Gasteiger partial charge in [-0.05, 0) is 18.2 Å². The highest BCUT2D eigenvalue weighted by atomic mass is 19.3. The fourth-order valence-corrected chi connectivity index (χ4v) is 2.20. The zero-order chi connectivity index (χ0) is 15.5. The Bertz CT molecular complexity index is 720. The molecule has 1 N–H and O–H groups in total. The quantitative estimate of drug-likeness (QED) is 0.943. The van der Waals surface area contributed by atoms with Gasteiger partial charge in [-0.2, -0.15) is 8.78 Å². The van der Waals surface area contributed by atoms with Crippen LogP contribution in [-0.4, -0.2) is 24.5 Å². The third-order valence-corrected chi connectivity index (χ3v) is 3.17. The van der Waals surface area contributed by atoms with Crippen LogP contribution in [0.2, 0.25) is 0 Å². The normalized spacial score (nSPS) is 12.8. The monoisotopic (exact) mass is 305 g/mol. The number of aliphatic imine (C=N–C) groups is 1. The lowest BCUT2D eigenvalue weighted by molar-refractivity contribution is -0.0511. The molecule has 0 amide bonds. The number of alkyl halides is 2. The van der Waals surface area contributed by atoms with Gasteiger partial charge in [0, 0.05) is 23.5 Å². The number of hydrogen-bond donors (Lipinski definition) is 1. The summed E-state index contributed by atoms with van der Waals surface area (Å²) in [6.07, 6.45) is 1.68. The van der Waals surface area contributed by atoms with Crippen LogP contribution in [0.5, 0.6) is 11.5 Å². The summed E-state index contributed by atoms with van der Waals surface area (Å²) >= 11 is 0. The largest absolute Gasteiger partial charge is 0.493 e. The average molecular weight is 305 g/mol. The second-order valence-electron chi connectivity index (χ2n) is 4.55. The number of halogens is 2. The van der Waals surface area contributed by atoms with E-state index in [4.69, 9.17) is 4.74 Å². The van der Waals surface area contributed by atoms with Crippen LogP contribution >= 0.6 is 0 Å². The van der Waals surface area contributed by atoms with Crippen LogP contribution in [0.4, 0.5) is 14.5 Å². The number of nitrogens with zero attached hydrogens (tertiary/aromatic N) is 2. The summed E-state index contributed by atoms with van der Waals surface area (Å²) in [6, 6.07) is 8.48. The average Bonchev–Trinajstić information content (AvgIpc) is 2.90. The van der Waals surface area contributed by atoms with E-state index in [0.29, 0.717) is 18.1 Å². The number of methoxy groups -OCH3 is 1. The Morgan fingerprint density at radius 2 is 2.09 bits per heavy atom. The van der Waals surface area contributed by atoms with Gasteiger partial charge in [-0.3, -0.25) is 9.98 Å². The highest BCUT2D eigenvalue weighted by Crippen LogP contribution is 2.32. The minimum Gasteiger partial charge on any atom is -0.493 e. The van der Waals surface area contributed by atoms with Crippen molar-refractivity contribution in [3.05, 3.63) is 47.8 Å². The first kappa shape index (κ1) is 14.2. The van der Waals surface area contributed by atoms with E-state index in [1.165, 1.54) is 13.2 Å². The summed E-state index contributed by atoms with van der Waals surface area (Å²) in [4.78, 5) is 8.63. The van der Waals surface area contributed by atoms with Gasteiger partial charge in [0.25, 0.3) is 0 Å². The van der Waals surface area contributed by atoms with E-state index < -0.39 is 6.61 Å². The summed E-state index contributed by atoms with van der Waals surface area (Å²) in [5, 5.41) is 3.07. The minimum absolute atomic E-state index is 0.0395. The van der Waals surface area contributed by atoms with E-state index in [0.717, 1.165) is 11.3 Å². The molecule has 22 heavy (non-hydrogen) atoms. The molecular weight excluding hydrogens is 292 g/mol. The summed E-state index contributed by atoms with van der Waals surface area (Å²) in [5.74, 6) is 0.795. The van der Waals surface area contributed by atoms with Gasteiger partial charge in [0.2, 0.25) is 0 Å². The number of rotatable bonds is 4. The van der Waals surface area contributed by atoms with Crippen LogP contribution in [-0.2, 0) is 6.54 Å². The molecule has 2 aromatic rings. The molecular formula is C15H13F2N3O2. The van der Waals surface area contributed by atoms with Crippen molar-refractivity contribution in [2.45, 2.75) is 13.2 Å². The number of hydrogen-bond acceptors (Lipinski definition) is 5. The number of fused-ring (bicyclic) bond motifs is 1. The standard InChI is InChI=1S/C15H13F2N3O2/c1-21-11-5-4-10(7-12(11)22-15(16)17)20-14-13-9(8-19-14)3-2-6-18-13/h2-7,15H,8H2,1H3,(H,19,20). The number of anilines is 1. The van der Waals surface area contributed by atoms with Crippen molar-refractivity contribution in [3.63, 3.8) is 0 Å². The Morgan fingerprint density at radius 3 is 2.86 bits per heavy atom. The summed E-state index contributed by atoms with van der Waals surface area (Å²) < 4.78 is 34.3. The van der Waals surface area contributed by atoms with Crippen molar-refractivity contribution >= 4 is 11.5 Å². The maximum atomic E-state index is 12.4. The molecule has 5 nitrogen and oxygen atoms in total. The van der Waals surface area contributed by atoms with Crippen LogP contribution in [0.25, 0.3) is 0 Å². The number of aromatic nitrogens is 1. The number of benzene rings is 1. The molecule has 0 atom stereocenters. The predicted octanol–water partition coefficient (Wildman–Crippen LogP) is 3.06. The first-order chi connectivity index (χ1) is 10.7. The van der Waals surface area contributed by atoms with Crippen LogP contribution in [0.1, 0.15) is 11.3 Å². The summed E-state index contributed by atoms with van der Waals surface area (Å²) in [5.41, 5.74) is 2.34. The number of pyridine rings is 1. The van der Waals surface area contributed by atoms with Crippen molar-refractivity contribution < 1.29 is 18.3 Å². The van der Waals surface area contributed by atoms with Crippen LogP contribution in [0.3, 0.4) is 0 Å². The van der Waals surface area contributed by atoms with E-state index in [1.54, 1.807) is 18.3 Å². The van der Waals surface area contributed by atoms with Gasteiger partial charge in [-0.1, -0.05) is 6.07 Å². The fraction of sp³-hybridized carbons (Fsp3) is 0.200. The molecule has 7 heteroatoms. The number of ether oxygens (including phenoxy) is 2. The third kappa shape index (κ3) is 2.83. The molecule has 0 fully saturated rings. The van der Waals surface area contributed by atoms with Gasteiger partial charge in [0.1, 0.15) is 5.69 Å². The summed E-state index contributed by atoms with van der Waals surface area (Å²) in [7, 11) is 1.39. The Hall–Kier alpha value is -2.70. The number of amidine groups is 1. The lowest BCUT2D eigenvalue weighted by Crippen LogP contribution is -2.13. The molecule has 0 spiro atoms. The van der Waals surface area contributed by atoms with E-state index in [9.17, 15) is 8.78 Å². The fourth-order valence-electron chi connectivity index (χ4n) is 2.20. The summed E-state index contributed by atoms with van der Waals surface area (Å²) in [6.45, 7) is -2.38. The van der Waals surface area contributed by atoms with E-state index in [1.807, 2.05) is 12.1 Å². The molecule has 1 aromatic carbocycles. The van der Waals surface area contributed by atoms with E-state index >= 15 is 0 Å². The molecule has 1 aliphatic heterocycles. The van der Waals surface area contributed by atoms with Crippen molar-refractivity contribution in [3.8, 4) is 11.5 Å². The third-order valence-electron chi connectivity index (χ3n) is 3.17. The lowest BCUT2D eigenvalue weighted by atomic mass is 10.2. The van der Waals surface area contributed by atoms with Gasteiger partial charge < -0.3 is 14.8 Å². The zero-order valence-corrected chi connectivity index (χ0v) is 11.7. The molecule has 3 rings (SSSR count). The maximum Gasteiger partial charge on any atom is 0.387 e. The molecule has 0 saturated heterocycles. The zero-order valence-electron chi connectivity index (χ0n) is 11.7. The molecule has 0 saturated carbocycles. The molecule has 0 unspecified atom stereocenters. The van der Waals surface area contributed by atoms with Crippen molar-refractivity contribution in [1.82, 2.24) is 4.98 Å². The topological polar surface area (TPSA) is 55.7 Å². The second-order valence-corrected chi connectivity index (χ2v) is 4.55. The van der Waals surface area contributed by atoms with Gasteiger partial charge in [0.15, 0.2) is 17.3 Å². The van der Waals surface area contributed by atoms with Crippen LogP contribution < -0.4 is 14.8 Å². The first-order valence-corrected chi connectivity index (χ1v) is 6.56. The molecule has 1 aromatic heterocycles. The Balaban J connectivity index is 1.84.